The van der Waals surface area contributed by atoms with Crippen LogP contribution in [0.2, 0.25) is 0 Å². The molecule has 1 N–H and O–H groups in total. The number of aliphatic hydroxyl groups is 1. The van der Waals surface area contributed by atoms with Crippen LogP contribution < -0.4 is 4.90 Å². The van der Waals surface area contributed by atoms with Crippen molar-refractivity contribution < 1.29 is 13.9 Å². The van der Waals surface area contributed by atoms with Gasteiger partial charge in [0.15, 0.2) is 0 Å². The summed E-state index contributed by atoms with van der Waals surface area (Å²) in [5.41, 5.74) is 0.316. The molecule has 0 bridgehead atoms. The van der Waals surface area contributed by atoms with E-state index in [9.17, 15) is 8.78 Å². The molecule has 0 atom stereocenters. The summed E-state index contributed by atoms with van der Waals surface area (Å²) in [4.78, 5) is 3.93. The first-order valence-electron chi connectivity index (χ1n) is 6.99. The number of benzene rings is 1. The van der Waals surface area contributed by atoms with Crippen LogP contribution in [0.1, 0.15) is 18.4 Å². The van der Waals surface area contributed by atoms with Crippen molar-refractivity contribution in [2.24, 2.45) is 5.92 Å². The summed E-state index contributed by atoms with van der Waals surface area (Å²) in [6.45, 7) is 2.01. The Hall–Kier alpha value is -1.20. The van der Waals surface area contributed by atoms with Gasteiger partial charge in [-0.15, -0.1) is 0 Å². The molecule has 1 saturated heterocycles. The van der Waals surface area contributed by atoms with Gasteiger partial charge < -0.3 is 14.9 Å². The summed E-state index contributed by atoms with van der Waals surface area (Å²) in [6.07, 6.45) is 1.89. The third-order valence-electron chi connectivity index (χ3n) is 3.81. The molecule has 1 aromatic rings. The Morgan fingerprint density at radius 1 is 1.20 bits per heavy atom. The van der Waals surface area contributed by atoms with Crippen molar-refractivity contribution in [3.05, 3.63) is 29.3 Å². The van der Waals surface area contributed by atoms with Crippen molar-refractivity contribution in [1.82, 2.24) is 4.90 Å². The molecular formula is C15H22F2N2O. The van der Waals surface area contributed by atoms with Gasteiger partial charge in [-0.25, -0.2) is 8.78 Å². The minimum absolute atomic E-state index is 0.0468. The third kappa shape index (κ3) is 3.46. The maximum absolute atomic E-state index is 14.0. The second-order valence-corrected chi connectivity index (χ2v) is 5.76. The Kier molecular flexibility index (Phi) is 4.94. The molecule has 0 unspecified atom stereocenters. The van der Waals surface area contributed by atoms with Gasteiger partial charge in [-0.3, -0.25) is 0 Å². The van der Waals surface area contributed by atoms with Crippen LogP contribution in [0.5, 0.6) is 0 Å². The van der Waals surface area contributed by atoms with Crippen LogP contribution in [0, 0.1) is 17.6 Å². The van der Waals surface area contributed by atoms with E-state index < -0.39 is 11.6 Å². The van der Waals surface area contributed by atoms with E-state index in [1.165, 1.54) is 12.1 Å². The van der Waals surface area contributed by atoms with E-state index in [0.717, 1.165) is 19.4 Å². The van der Waals surface area contributed by atoms with Crippen molar-refractivity contribution in [3.8, 4) is 0 Å². The molecule has 1 heterocycles. The van der Waals surface area contributed by atoms with Crippen LogP contribution in [-0.2, 0) is 6.61 Å². The molecule has 1 fully saturated rings. The largest absolute Gasteiger partial charge is 0.392 e. The van der Waals surface area contributed by atoms with Crippen LogP contribution in [0.4, 0.5) is 14.5 Å². The Bertz CT molecular complexity index is 434. The highest BCUT2D eigenvalue weighted by Crippen LogP contribution is 2.29. The molecule has 0 aromatic heterocycles. The van der Waals surface area contributed by atoms with E-state index in [4.69, 9.17) is 5.11 Å². The molecular weight excluding hydrogens is 262 g/mol. The minimum atomic E-state index is -0.583. The number of hydrogen-bond donors (Lipinski definition) is 1. The quantitative estimate of drug-likeness (QED) is 0.918. The predicted molar refractivity (Wildman–Crippen MR) is 75.8 cm³/mol. The SMILES string of the molecule is CN(C)CC1CCN(c2c(F)cc(CO)cc2F)CC1. The number of halogens is 2. The lowest BCUT2D eigenvalue weighted by molar-refractivity contribution is 0.279. The zero-order chi connectivity index (χ0) is 14.7. The van der Waals surface area contributed by atoms with Crippen molar-refractivity contribution in [2.75, 3.05) is 38.6 Å². The van der Waals surface area contributed by atoms with E-state index in [-0.39, 0.29) is 17.9 Å². The van der Waals surface area contributed by atoms with Crippen molar-refractivity contribution in [3.63, 3.8) is 0 Å². The lowest BCUT2D eigenvalue weighted by Crippen LogP contribution is -2.38. The summed E-state index contributed by atoms with van der Waals surface area (Å²) in [5, 5.41) is 8.95. The predicted octanol–water partition coefficient (Wildman–Crippen LogP) is 2.24. The molecule has 5 heteroatoms. The highest BCUT2D eigenvalue weighted by molar-refractivity contribution is 5.51. The minimum Gasteiger partial charge on any atom is -0.392 e. The first kappa shape index (κ1) is 15.2. The van der Waals surface area contributed by atoms with Crippen molar-refractivity contribution >= 4 is 5.69 Å². The van der Waals surface area contributed by atoms with Gasteiger partial charge in [0.1, 0.15) is 17.3 Å². The van der Waals surface area contributed by atoms with Gasteiger partial charge in [-0.2, -0.15) is 0 Å². The van der Waals surface area contributed by atoms with Gasteiger partial charge in [-0.05, 0) is 50.6 Å². The molecule has 0 saturated carbocycles. The summed E-state index contributed by atoms with van der Waals surface area (Å²) in [6, 6.07) is 2.43. The highest BCUT2D eigenvalue weighted by atomic mass is 19.1. The molecule has 0 spiro atoms. The Balaban J connectivity index is 2.07. The number of nitrogens with zero attached hydrogens (tertiary/aromatic N) is 2. The summed E-state index contributed by atoms with van der Waals surface area (Å²) < 4.78 is 28.0. The lowest BCUT2D eigenvalue weighted by Gasteiger charge is -2.35. The normalized spacial score (nSPS) is 17.0. The molecule has 0 amide bonds. The van der Waals surface area contributed by atoms with E-state index in [2.05, 4.69) is 4.90 Å². The Labute approximate surface area is 118 Å². The average Bonchev–Trinajstić information content (AvgIpc) is 2.39. The van der Waals surface area contributed by atoms with Gasteiger partial charge >= 0.3 is 0 Å². The Morgan fingerprint density at radius 2 is 1.75 bits per heavy atom. The number of rotatable bonds is 4. The number of aliphatic hydroxyl groups excluding tert-OH is 1. The topological polar surface area (TPSA) is 26.7 Å². The number of hydrogen-bond acceptors (Lipinski definition) is 3. The molecule has 1 aliphatic heterocycles. The van der Waals surface area contributed by atoms with Crippen LogP contribution in [0.3, 0.4) is 0 Å². The monoisotopic (exact) mass is 284 g/mol. The molecule has 112 valence electrons. The molecule has 0 aliphatic carbocycles. The summed E-state index contributed by atoms with van der Waals surface area (Å²) in [5.74, 6) is -0.579. The maximum Gasteiger partial charge on any atom is 0.149 e. The van der Waals surface area contributed by atoms with Crippen LogP contribution in [0.25, 0.3) is 0 Å². The van der Waals surface area contributed by atoms with Crippen LogP contribution >= 0.6 is 0 Å². The smallest absolute Gasteiger partial charge is 0.149 e. The molecule has 20 heavy (non-hydrogen) atoms. The van der Waals surface area contributed by atoms with Crippen molar-refractivity contribution in [2.45, 2.75) is 19.4 Å². The Morgan fingerprint density at radius 3 is 2.20 bits per heavy atom. The zero-order valence-electron chi connectivity index (χ0n) is 12.1. The van der Waals surface area contributed by atoms with Gasteiger partial charge in [0, 0.05) is 19.6 Å². The summed E-state index contributed by atoms with van der Waals surface area (Å²) >= 11 is 0. The van der Waals surface area contributed by atoms with Gasteiger partial charge in [0.2, 0.25) is 0 Å². The van der Waals surface area contributed by atoms with E-state index >= 15 is 0 Å². The fourth-order valence-corrected chi connectivity index (χ4v) is 2.87. The standard InChI is InChI=1S/C15H22F2N2O/c1-18(2)9-11-3-5-19(6-4-11)15-13(16)7-12(10-20)8-14(15)17/h7-8,11,20H,3-6,9-10H2,1-2H3. The zero-order valence-corrected chi connectivity index (χ0v) is 12.1. The highest BCUT2D eigenvalue weighted by Gasteiger charge is 2.24. The average molecular weight is 284 g/mol. The lowest BCUT2D eigenvalue weighted by atomic mass is 9.96. The van der Waals surface area contributed by atoms with E-state index in [1.807, 2.05) is 14.1 Å². The fraction of sp³-hybridized carbons (Fsp3) is 0.600. The molecule has 2 rings (SSSR count). The molecule has 1 aliphatic rings. The second kappa shape index (κ2) is 6.50. The number of anilines is 1. The second-order valence-electron chi connectivity index (χ2n) is 5.76. The van der Waals surface area contributed by atoms with E-state index in [0.29, 0.717) is 19.0 Å². The molecule has 1 aromatic carbocycles. The van der Waals surface area contributed by atoms with Gasteiger partial charge in [0.05, 0.1) is 6.61 Å². The van der Waals surface area contributed by atoms with Crippen molar-refractivity contribution in [1.29, 1.82) is 0 Å². The summed E-state index contributed by atoms with van der Waals surface area (Å²) in [7, 11) is 4.08. The van der Waals surface area contributed by atoms with Gasteiger partial charge in [0.25, 0.3) is 0 Å². The maximum atomic E-state index is 14.0. The third-order valence-corrected chi connectivity index (χ3v) is 3.81. The fourth-order valence-electron chi connectivity index (χ4n) is 2.87. The van der Waals surface area contributed by atoms with Crippen LogP contribution in [-0.4, -0.2) is 43.7 Å². The van der Waals surface area contributed by atoms with Gasteiger partial charge in [-0.1, -0.05) is 0 Å². The molecule has 3 nitrogen and oxygen atoms in total. The van der Waals surface area contributed by atoms with E-state index in [1.54, 1.807) is 4.90 Å². The van der Waals surface area contributed by atoms with Crippen LogP contribution in [0.15, 0.2) is 12.1 Å². The number of piperidine rings is 1. The first-order chi connectivity index (χ1) is 9.51. The molecule has 0 radical (unpaired) electrons. The first-order valence-corrected chi connectivity index (χ1v) is 6.99.